The fraction of sp³-hybridized carbons (Fsp3) is 0.364. The summed E-state index contributed by atoms with van der Waals surface area (Å²) in [4.78, 5) is 10.6. The van der Waals surface area contributed by atoms with Crippen molar-refractivity contribution in [2.24, 2.45) is 5.73 Å². The van der Waals surface area contributed by atoms with Gasteiger partial charge in [-0.25, -0.2) is 8.78 Å². The summed E-state index contributed by atoms with van der Waals surface area (Å²) < 4.78 is 31.9. The van der Waals surface area contributed by atoms with Crippen molar-refractivity contribution in [2.75, 3.05) is 6.61 Å². The van der Waals surface area contributed by atoms with E-state index in [1.807, 2.05) is 0 Å². The third-order valence-electron chi connectivity index (χ3n) is 2.74. The van der Waals surface area contributed by atoms with Crippen molar-refractivity contribution in [3.05, 3.63) is 28.8 Å². The number of hydrogen-bond acceptors (Lipinski definition) is 3. The van der Waals surface area contributed by atoms with Gasteiger partial charge in [0.2, 0.25) is 0 Å². The Bertz CT molecular complexity index is 476. The number of benzene rings is 1. The molecule has 1 aromatic carbocycles. The first-order chi connectivity index (χ1) is 8.00. The van der Waals surface area contributed by atoms with Gasteiger partial charge in [-0.3, -0.25) is 4.79 Å². The zero-order valence-electron chi connectivity index (χ0n) is 8.87. The molecule has 1 aromatic rings. The molecule has 92 valence electrons. The second kappa shape index (κ2) is 4.29. The molecular weight excluding hydrogens is 232 g/mol. The normalized spacial score (nSPS) is 15.2. The highest BCUT2D eigenvalue weighted by Gasteiger charge is 2.26. The van der Waals surface area contributed by atoms with Gasteiger partial charge in [-0.05, 0) is 5.56 Å². The van der Waals surface area contributed by atoms with E-state index in [1.54, 1.807) is 0 Å². The highest BCUT2D eigenvalue weighted by Crippen LogP contribution is 2.33. The molecular formula is C11H11F2NO3. The molecule has 6 heteroatoms. The molecule has 0 fully saturated rings. The number of ether oxygens (including phenoxy) is 1. The first-order valence-corrected chi connectivity index (χ1v) is 5.11. The summed E-state index contributed by atoms with van der Waals surface area (Å²) in [6.07, 6.45) is 0.193. The SMILES string of the molecule is NC(Cc1c(F)cc(F)c2c1CCO2)C(=O)O. The topological polar surface area (TPSA) is 72.5 Å². The van der Waals surface area contributed by atoms with Crippen molar-refractivity contribution in [2.45, 2.75) is 18.9 Å². The van der Waals surface area contributed by atoms with E-state index in [-0.39, 0.29) is 24.3 Å². The second-order valence-electron chi connectivity index (χ2n) is 3.87. The number of nitrogens with two attached hydrogens (primary N) is 1. The van der Waals surface area contributed by atoms with Gasteiger partial charge in [0, 0.05) is 24.5 Å². The second-order valence-corrected chi connectivity index (χ2v) is 3.87. The van der Waals surface area contributed by atoms with Crippen LogP contribution in [0.2, 0.25) is 0 Å². The minimum atomic E-state index is -1.22. The molecule has 17 heavy (non-hydrogen) atoms. The van der Waals surface area contributed by atoms with Crippen LogP contribution in [0.1, 0.15) is 11.1 Å². The van der Waals surface area contributed by atoms with E-state index < -0.39 is 23.6 Å². The first-order valence-electron chi connectivity index (χ1n) is 5.11. The molecule has 4 nitrogen and oxygen atoms in total. The predicted molar refractivity (Wildman–Crippen MR) is 54.9 cm³/mol. The molecule has 0 saturated carbocycles. The molecule has 0 aromatic heterocycles. The van der Waals surface area contributed by atoms with Crippen LogP contribution < -0.4 is 10.5 Å². The van der Waals surface area contributed by atoms with Crippen LogP contribution in [0.4, 0.5) is 8.78 Å². The van der Waals surface area contributed by atoms with E-state index in [4.69, 9.17) is 15.6 Å². The fourth-order valence-electron chi connectivity index (χ4n) is 1.89. The third kappa shape index (κ3) is 2.08. The van der Waals surface area contributed by atoms with Gasteiger partial charge in [0.1, 0.15) is 11.9 Å². The van der Waals surface area contributed by atoms with Gasteiger partial charge >= 0.3 is 5.97 Å². The van der Waals surface area contributed by atoms with E-state index in [9.17, 15) is 13.6 Å². The Labute approximate surface area is 96.0 Å². The summed E-state index contributed by atoms with van der Waals surface area (Å²) in [5, 5.41) is 8.68. The lowest BCUT2D eigenvalue weighted by Crippen LogP contribution is -2.33. The van der Waals surface area contributed by atoms with Gasteiger partial charge in [0.15, 0.2) is 11.6 Å². The summed E-state index contributed by atoms with van der Waals surface area (Å²) in [5.41, 5.74) is 5.87. The number of aliphatic carboxylic acids is 1. The average Bonchev–Trinajstić information content (AvgIpc) is 2.72. The van der Waals surface area contributed by atoms with Crippen molar-refractivity contribution < 1.29 is 23.4 Å². The van der Waals surface area contributed by atoms with E-state index in [0.717, 1.165) is 0 Å². The summed E-state index contributed by atoms with van der Waals surface area (Å²) in [7, 11) is 0. The van der Waals surface area contributed by atoms with Crippen LogP contribution >= 0.6 is 0 Å². The summed E-state index contributed by atoms with van der Waals surface area (Å²) in [6, 6.07) is -0.506. The standard InChI is InChI=1S/C11H11F2NO3/c12-7-4-8(13)10-5(1-2-17-10)6(7)3-9(14)11(15)16/h4,9H,1-3,14H2,(H,15,16). The summed E-state index contributed by atoms with van der Waals surface area (Å²) in [6.45, 7) is 0.269. The Morgan fingerprint density at radius 1 is 1.53 bits per heavy atom. The minimum absolute atomic E-state index is 0.0130. The van der Waals surface area contributed by atoms with Crippen LogP contribution in [-0.2, 0) is 17.6 Å². The number of carbonyl (C=O) groups is 1. The third-order valence-corrected chi connectivity index (χ3v) is 2.74. The highest BCUT2D eigenvalue weighted by molar-refractivity contribution is 5.73. The zero-order chi connectivity index (χ0) is 12.6. The Morgan fingerprint density at radius 3 is 2.88 bits per heavy atom. The first kappa shape index (κ1) is 11.8. The Kier molecular flexibility index (Phi) is 2.97. The van der Waals surface area contributed by atoms with Gasteiger partial charge in [-0.2, -0.15) is 0 Å². The Hall–Kier alpha value is -1.69. The zero-order valence-corrected chi connectivity index (χ0v) is 8.87. The van der Waals surface area contributed by atoms with Crippen LogP contribution in [0.5, 0.6) is 5.75 Å². The smallest absolute Gasteiger partial charge is 0.320 e. The highest BCUT2D eigenvalue weighted by atomic mass is 19.1. The number of carboxylic acids is 1. The quantitative estimate of drug-likeness (QED) is 0.825. The molecule has 2 rings (SSSR count). The molecule has 1 aliphatic rings. The number of halogens is 2. The van der Waals surface area contributed by atoms with Gasteiger partial charge in [-0.15, -0.1) is 0 Å². The maximum Gasteiger partial charge on any atom is 0.320 e. The number of carboxylic acid groups (broad SMARTS) is 1. The number of hydrogen-bond donors (Lipinski definition) is 2. The van der Waals surface area contributed by atoms with Crippen LogP contribution in [0.25, 0.3) is 0 Å². The van der Waals surface area contributed by atoms with E-state index >= 15 is 0 Å². The monoisotopic (exact) mass is 243 g/mol. The minimum Gasteiger partial charge on any atom is -0.490 e. The maximum absolute atomic E-state index is 13.6. The Balaban J connectivity index is 2.40. The van der Waals surface area contributed by atoms with Crippen molar-refractivity contribution in [1.82, 2.24) is 0 Å². The molecule has 0 radical (unpaired) electrons. The van der Waals surface area contributed by atoms with Crippen molar-refractivity contribution in [3.8, 4) is 5.75 Å². The molecule has 0 spiro atoms. The molecule has 1 heterocycles. The maximum atomic E-state index is 13.6. The lowest BCUT2D eigenvalue weighted by Gasteiger charge is -2.11. The molecule has 1 aliphatic heterocycles. The van der Waals surface area contributed by atoms with Gasteiger partial charge < -0.3 is 15.6 Å². The largest absolute Gasteiger partial charge is 0.490 e. The summed E-state index contributed by atoms with van der Waals surface area (Å²) >= 11 is 0. The van der Waals surface area contributed by atoms with E-state index in [0.29, 0.717) is 18.1 Å². The molecule has 0 saturated heterocycles. The van der Waals surface area contributed by atoms with Crippen molar-refractivity contribution in [1.29, 1.82) is 0 Å². The number of fused-ring (bicyclic) bond motifs is 1. The van der Waals surface area contributed by atoms with E-state index in [1.165, 1.54) is 0 Å². The average molecular weight is 243 g/mol. The fourth-order valence-corrected chi connectivity index (χ4v) is 1.89. The predicted octanol–water partition coefficient (Wildman–Crippen LogP) is 0.854. The van der Waals surface area contributed by atoms with Crippen molar-refractivity contribution in [3.63, 3.8) is 0 Å². The van der Waals surface area contributed by atoms with E-state index in [2.05, 4.69) is 0 Å². The molecule has 0 amide bonds. The Morgan fingerprint density at radius 2 is 2.24 bits per heavy atom. The van der Waals surface area contributed by atoms with Gasteiger partial charge in [0.25, 0.3) is 0 Å². The summed E-state index contributed by atoms with van der Waals surface area (Å²) in [5.74, 6) is -2.74. The van der Waals surface area contributed by atoms with Gasteiger partial charge in [0.05, 0.1) is 6.61 Å². The van der Waals surface area contributed by atoms with Gasteiger partial charge in [-0.1, -0.05) is 0 Å². The van der Waals surface area contributed by atoms with Crippen LogP contribution in [0.15, 0.2) is 6.07 Å². The molecule has 0 bridgehead atoms. The molecule has 3 N–H and O–H groups in total. The van der Waals surface area contributed by atoms with Crippen molar-refractivity contribution >= 4 is 5.97 Å². The lowest BCUT2D eigenvalue weighted by atomic mass is 9.98. The van der Waals surface area contributed by atoms with Crippen LogP contribution in [0.3, 0.4) is 0 Å². The molecule has 1 atom stereocenters. The van der Waals surface area contributed by atoms with Crippen LogP contribution in [-0.4, -0.2) is 23.7 Å². The number of rotatable bonds is 3. The van der Waals surface area contributed by atoms with Crippen LogP contribution in [0, 0.1) is 11.6 Å². The molecule has 1 unspecified atom stereocenters. The molecule has 0 aliphatic carbocycles. The lowest BCUT2D eigenvalue weighted by molar-refractivity contribution is -0.138.